The number of hydrogen-bond acceptors (Lipinski definition) is 5. The number of aliphatic hydroxyl groups is 1. The maximum Gasteiger partial charge on any atom is 0.255 e. The lowest BCUT2D eigenvalue weighted by molar-refractivity contribution is 0.0276. The minimum Gasteiger partial charge on any atom is -0.493 e. The number of halogens is 2. The first-order valence-corrected chi connectivity index (χ1v) is 9.49. The number of methoxy groups -OCH3 is 1. The van der Waals surface area contributed by atoms with Gasteiger partial charge in [0.25, 0.3) is 5.56 Å². The van der Waals surface area contributed by atoms with Gasteiger partial charge < -0.3 is 19.3 Å². The predicted molar refractivity (Wildman–Crippen MR) is 111 cm³/mol. The van der Waals surface area contributed by atoms with Crippen LogP contribution in [0.3, 0.4) is 0 Å². The highest BCUT2D eigenvalue weighted by molar-refractivity contribution is 5.49. The zero-order valence-electron chi connectivity index (χ0n) is 17.4. The van der Waals surface area contributed by atoms with Crippen molar-refractivity contribution in [2.45, 2.75) is 26.1 Å². The van der Waals surface area contributed by atoms with Gasteiger partial charge >= 0.3 is 0 Å². The molecule has 1 aromatic heterocycles. The van der Waals surface area contributed by atoms with E-state index < -0.39 is 17.2 Å². The summed E-state index contributed by atoms with van der Waals surface area (Å²) in [5.74, 6) is -0.939. The topological polar surface area (TPSA) is 69.9 Å². The smallest absolute Gasteiger partial charge is 0.255 e. The van der Waals surface area contributed by atoms with Crippen LogP contribution in [0, 0.1) is 11.6 Å². The summed E-state index contributed by atoms with van der Waals surface area (Å²) in [5, 5.41) is 9.82. The zero-order chi connectivity index (χ0) is 22.6. The fraction of sp³-hybridized carbons (Fsp3) is 0.261. The van der Waals surface area contributed by atoms with Gasteiger partial charge in [-0.15, -0.1) is 0 Å². The Bertz CT molecular complexity index is 1120. The van der Waals surface area contributed by atoms with Gasteiger partial charge in [0.1, 0.15) is 19.0 Å². The van der Waals surface area contributed by atoms with Crippen molar-refractivity contribution in [3.63, 3.8) is 0 Å². The fourth-order valence-electron chi connectivity index (χ4n) is 2.74. The molecule has 3 rings (SSSR count). The van der Waals surface area contributed by atoms with Crippen molar-refractivity contribution in [1.29, 1.82) is 0 Å². The van der Waals surface area contributed by atoms with Gasteiger partial charge in [-0.25, -0.2) is 8.78 Å². The number of ether oxygens (including phenoxy) is 3. The first-order chi connectivity index (χ1) is 14.7. The van der Waals surface area contributed by atoms with Crippen LogP contribution in [-0.2, 0) is 6.61 Å². The molecule has 31 heavy (non-hydrogen) atoms. The summed E-state index contributed by atoms with van der Waals surface area (Å²) < 4.78 is 44.0. The highest BCUT2D eigenvalue weighted by Crippen LogP contribution is 2.30. The summed E-state index contributed by atoms with van der Waals surface area (Å²) in [6.07, 6.45) is 1.58. The van der Waals surface area contributed by atoms with Crippen molar-refractivity contribution in [2.24, 2.45) is 0 Å². The number of benzene rings is 2. The summed E-state index contributed by atoms with van der Waals surface area (Å²) in [7, 11) is 1.48. The molecule has 3 aromatic rings. The van der Waals surface area contributed by atoms with Crippen molar-refractivity contribution < 1.29 is 28.1 Å². The Morgan fingerprint density at radius 3 is 2.39 bits per heavy atom. The summed E-state index contributed by atoms with van der Waals surface area (Å²) in [6.45, 7) is 3.36. The normalized spacial score (nSPS) is 11.3. The van der Waals surface area contributed by atoms with Gasteiger partial charge in [-0.3, -0.25) is 9.36 Å². The molecule has 0 saturated heterocycles. The maximum atomic E-state index is 13.3. The van der Waals surface area contributed by atoms with E-state index in [-0.39, 0.29) is 24.5 Å². The molecule has 0 atom stereocenters. The Labute approximate surface area is 178 Å². The molecule has 0 radical (unpaired) electrons. The number of aromatic nitrogens is 1. The lowest BCUT2D eigenvalue weighted by Crippen LogP contribution is -2.28. The van der Waals surface area contributed by atoms with Crippen molar-refractivity contribution in [1.82, 2.24) is 4.57 Å². The van der Waals surface area contributed by atoms with E-state index in [2.05, 4.69) is 0 Å². The molecule has 0 amide bonds. The molecule has 6 nitrogen and oxygen atoms in total. The first kappa shape index (κ1) is 22.3. The van der Waals surface area contributed by atoms with Gasteiger partial charge in [0.15, 0.2) is 23.1 Å². The monoisotopic (exact) mass is 431 g/mol. The van der Waals surface area contributed by atoms with Crippen LogP contribution in [0.25, 0.3) is 5.69 Å². The van der Waals surface area contributed by atoms with E-state index in [1.54, 1.807) is 44.3 Å². The number of rotatable bonds is 8. The molecule has 0 aliphatic rings. The van der Waals surface area contributed by atoms with Gasteiger partial charge in [-0.1, -0.05) is 0 Å². The molecule has 0 fully saturated rings. The molecular weight excluding hydrogens is 408 g/mol. The van der Waals surface area contributed by atoms with E-state index in [0.29, 0.717) is 22.7 Å². The Morgan fingerprint density at radius 1 is 0.968 bits per heavy atom. The molecular formula is C23H23F2NO5. The van der Waals surface area contributed by atoms with Crippen molar-refractivity contribution in [3.05, 3.63) is 82.3 Å². The van der Waals surface area contributed by atoms with E-state index in [1.165, 1.54) is 23.8 Å². The third kappa shape index (κ3) is 5.82. The van der Waals surface area contributed by atoms with Crippen LogP contribution >= 0.6 is 0 Å². The Kier molecular flexibility index (Phi) is 6.60. The van der Waals surface area contributed by atoms with Gasteiger partial charge in [-0.2, -0.15) is 0 Å². The van der Waals surface area contributed by atoms with Crippen LogP contribution in [0.2, 0.25) is 0 Å². The lowest BCUT2D eigenvalue weighted by Gasteiger charge is -2.19. The second kappa shape index (κ2) is 9.18. The van der Waals surface area contributed by atoms with Crippen LogP contribution in [0.4, 0.5) is 8.78 Å². The average Bonchev–Trinajstić information content (AvgIpc) is 2.72. The molecule has 0 aliphatic carbocycles. The zero-order valence-corrected chi connectivity index (χ0v) is 17.4. The molecule has 0 bridgehead atoms. The van der Waals surface area contributed by atoms with Crippen LogP contribution in [-0.4, -0.2) is 29.0 Å². The van der Waals surface area contributed by atoms with Gasteiger partial charge in [0.05, 0.1) is 18.4 Å². The van der Waals surface area contributed by atoms with E-state index in [1.807, 2.05) is 0 Å². The van der Waals surface area contributed by atoms with Crippen LogP contribution < -0.4 is 19.8 Å². The molecule has 1 N–H and O–H groups in total. The number of pyridine rings is 1. The Morgan fingerprint density at radius 2 is 1.74 bits per heavy atom. The molecule has 0 aliphatic heterocycles. The highest BCUT2D eigenvalue weighted by atomic mass is 19.2. The molecule has 1 heterocycles. The largest absolute Gasteiger partial charge is 0.493 e. The van der Waals surface area contributed by atoms with E-state index in [4.69, 9.17) is 14.2 Å². The lowest BCUT2D eigenvalue weighted by atomic mass is 10.2. The van der Waals surface area contributed by atoms with E-state index in [0.717, 1.165) is 12.1 Å². The van der Waals surface area contributed by atoms with Crippen LogP contribution in [0.15, 0.2) is 59.5 Å². The number of nitrogens with zero attached hydrogens (tertiary/aromatic N) is 1. The number of hydrogen-bond donors (Lipinski definition) is 1. The first-order valence-electron chi connectivity index (χ1n) is 9.49. The van der Waals surface area contributed by atoms with Crippen molar-refractivity contribution in [3.8, 4) is 22.9 Å². The summed E-state index contributed by atoms with van der Waals surface area (Å²) in [4.78, 5) is 12.6. The highest BCUT2D eigenvalue weighted by Gasteiger charge is 2.16. The molecule has 0 spiro atoms. The van der Waals surface area contributed by atoms with E-state index >= 15 is 0 Å². The summed E-state index contributed by atoms with van der Waals surface area (Å²) in [5.41, 5.74) is -0.176. The van der Waals surface area contributed by atoms with Gasteiger partial charge in [-0.05, 0) is 49.7 Å². The average molecular weight is 431 g/mol. The van der Waals surface area contributed by atoms with Gasteiger partial charge in [0, 0.05) is 24.4 Å². The quantitative estimate of drug-likeness (QED) is 0.587. The van der Waals surface area contributed by atoms with Crippen molar-refractivity contribution in [2.75, 3.05) is 13.7 Å². The maximum absolute atomic E-state index is 13.3. The van der Waals surface area contributed by atoms with Crippen LogP contribution in [0.1, 0.15) is 19.4 Å². The van der Waals surface area contributed by atoms with Gasteiger partial charge in [0.2, 0.25) is 0 Å². The second-order valence-electron chi connectivity index (χ2n) is 7.54. The molecule has 0 saturated carbocycles. The molecule has 2 aromatic carbocycles. The molecule has 0 unspecified atom stereocenters. The summed E-state index contributed by atoms with van der Waals surface area (Å²) in [6, 6.07) is 11.3. The summed E-state index contributed by atoms with van der Waals surface area (Å²) >= 11 is 0. The minimum atomic E-state index is -1.00. The Balaban J connectivity index is 1.76. The minimum absolute atomic E-state index is 0.0220. The molecule has 164 valence electrons. The van der Waals surface area contributed by atoms with Crippen LogP contribution in [0.5, 0.6) is 17.2 Å². The Hall–Kier alpha value is -3.39. The SMILES string of the molecule is COc1cc(-n2ccc(COc3ccc(F)c(F)c3)cc2=O)ccc1OCC(C)(C)O. The standard InChI is InChI=1S/C23H23F2NO5/c1-23(2,28)14-31-20-7-4-16(11-21(20)29-3)26-9-8-15(10-22(26)27)13-30-17-5-6-18(24)19(25)12-17/h4-12,28H,13-14H2,1-3H3. The predicted octanol–water partition coefficient (Wildman–Crippen LogP) is 3.85. The third-order valence-corrected chi connectivity index (χ3v) is 4.29. The molecule has 8 heteroatoms. The fourth-order valence-corrected chi connectivity index (χ4v) is 2.74. The third-order valence-electron chi connectivity index (χ3n) is 4.29. The van der Waals surface area contributed by atoms with Crippen molar-refractivity contribution >= 4 is 0 Å². The second-order valence-corrected chi connectivity index (χ2v) is 7.54. The van der Waals surface area contributed by atoms with E-state index in [9.17, 15) is 18.7 Å².